The Hall–Kier alpha value is -2.97. The molecule has 5 nitrogen and oxygen atoms in total. The van der Waals surface area contributed by atoms with E-state index < -0.39 is 0 Å². The van der Waals surface area contributed by atoms with Crippen LogP contribution in [0, 0.1) is 11.3 Å². The van der Waals surface area contributed by atoms with Crippen LogP contribution in [-0.2, 0) is 6.54 Å². The maximum Gasteiger partial charge on any atom is 0.134 e. The number of aromatic nitrogens is 2. The molecule has 0 saturated heterocycles. The highest BCUT2D eigenvalue weighted by atomic mass is 35.5. The number of anilines is 1. The highest BCUT2D eigenvalue weighted by Crippen LogP contribution is 2.26. The Morgan fingerprint density at radius 2 is 2.00 bits per heavy atom. The molecule has 0 aliphatic heterocycles. The number of benzene rings is 2. The molecule has 0 radical (unpaired) electrons. The molecular weight excluding hydrogens is 312 g/mol. The first-order valence-corrected chi connectivity index (χ1v) is 7.28. The second kappa shape index (κ2) is 6.42. The molecule has 1 aromatic heterocycles. The summed E-state index contributed by atoms with van der Waals surface area (Å²) in [6.45, 7) is 0.530. The first-order valence-electron chi connectivity index (χ1n) is 6.91. The molecule has 0 aliphatic carbocycles. The number of halogens is 1. The van der Waals surface area contributed by atoms with Gasteiger partial charge in [-0.05, 0) is 42.0 Å². The van der Waals surface area contributed by atoms with Gasteiger partial charge in [0.25, 0.3) is 0 Å². The van der Waals surface area contributed by atoms with E-state index in [1.165, 1.54) is 0 Å². The van der Waals surface area contributed by atoms with Crippen molar-refractivity contribution in [3.63, 3.8) is 0 Å². The lowest BCUT2D eigenvalue weighted by molar-refractivity contribution is 0.475. The van der Waals surface area contributed by atoms with E-state index in [-0.39, 0.29) is 5.75 Å². The summed E-state index contributed by atoms with van der Waals surface area (Å²) in [4.78, 5) is 4.08. The molecule has 0 amide bonds. The largest absolute Gasteiger partial charge is 0.506 e. The quantitative estimate of drug-likeness (QED) is 0.796. The van der Waals surface area contributed by atoms with Crippen molar-refractivity contribution in [1.29, 1.82) is 5.26 Å². The third-order valence-corrected chi connectivity index (χ3v) is 3.71. The highest BCUT2D eigenvalue weighted by Gasteiger charge is 2.11. The van der Waals surface area contributed by atoms with Gasteiger partial charge >= 0.3 is 0 Å². The number of imidazole rings is 1. The SMILES string of the molecule is N#Cc1ccc(N(Cc2ccc(O)c(Cl)c2)n2ccnc2)cc1. The zero-order valence-electron chi connectivity index (χ0n) is 12.1. The van der Waals surface area contributed by atoms with Gasteiger partial charge in [0.05, 0.1) is 28.9 Å². The zero-order chi connectivity index (χ0) is 16.2. The fourth-order valence-corrected chi connectivity index (χ4v) is 2.43. The number of aromatic hydroxyl groups is 1. The van der Waals surface area contributed by atoms with Gasteiger partial charge in [-0.25, -0.2) is 9.66 Å². The van der Waals surface area contributed by atoms with E-state index in [9.17, 15) is 5.11 Å². The summed E-state index contributed by atoms with van der Waals surface area (Å²) in [7, 11) is 0. The summed E-state index contributed by atoms with van der Waals surface area (Å²) in [6, 6.07) is 14.5. The van der Waals surface area contributed by atoms with Crippen LogP contribution in [0.5, 0.6) is 5.75 Å². The van der Waals surface area contributed by atoms with Crippen molar-refractivity contribution in [2.45, 2.75) is 6.54 Å². The van der Waals surface area contributed by atoms with Crippen LogP contribution in [0.2, 0.25) is 5.02 Å². The standard InChI is InChI=1S/C17H13ClN4O/c18-16-9-14(3-6-17(16)23)11-22(21-8-7-20-12-21)15-4-1-13(10-19)2-5-15/h1-9,12,23H,11H2. The molecule has 0 bridgehead atoms. The Morgan fingerprint density at radius 1 is 1.22 bits per heavy atom. The molecular formula is C17H13ClN4O. The number of hydrogen-bond acceptors (Lipinski definition) is 4. The van der Waals surface area contributed by atoms with Crippen LogP contribution in [0.25, 0.3) is 0 Å². The fourth-order valence-electron chi connectivity index (χ4n) is 2.23. The molecule has 2 aromatic carbocycles. The molecule has 1 heterocycles. The van der Waals surface area contributed by atoms with Gasteiger partial charge in [0.15, 0.2) is 0 Å². The van der Waals surface area contributed by atoms with Gasteiger partial charge in [0, 0.05) is 12.4 Å². The molecule has 23 heavy (non-hydrogen) atoms. The van der Waals surface area contributed by atoms with Crippen molar-refractivity contribution in [2.75, 3.05) is 5.01 Å². The van der Waals surface area contributed by atoms with Crippen molar-refractivity contribution in [1.82, 2.24) is 9.66 Å². The highest BCUT2D eigenvalue weighted by molar-refractivity contribution is 6.32. The van der Waals surface area contributed by atoms with Gasteiger partial charge in [0.2, 0.25) is 0 Å². The summed E-state index contributed by atoms with van der Waals surface area (Å²) < 4.78 is 1.85. The lowest BCUT2D eigenvalue weighted by atomic mass is 10.2. The topological polar surface area (TPSA) is 65.1 Å². The molecule has 0 aliphatic rings. The Bertz CT molecular complexity index is 838. The molecule has 114 valence electrons. The van der Waals surface area contributed by atoms with Crippen molar-refractivity contribution in [3.8, 4) is 11.8 Å². The van der Waals surface area contributed by atoms with E-state index >= 15 is 0 Å². The van der Waals surface area contributed by atoms with E-state index in [1.54, 1.807) is 36.8 Å². The van der Waals surface area contributed by atoms with Crippen LogP contribution >= 0.6 is 11.6 Å². The van der Waals surface area contributed by atoms with Crippen LogP contribution < -0.4 is 5.01 Å². The number of phenols is 1. The molecule has 3 rings (SSSR count). The number of rotatable bonds is 4. The van der Waals surface area contributed by atoms with E-state index in [4.69, 9.17) is 16.9 Å². The molecule has 0 atom stereocenters. The monoisotopic (exact) mass is 324 g/mol. The number of phenolic OH excluding ortho intramolecular Hbond substituents is 1. The maximum absolute atomic E-state index is 9.55. The minimum absolute atomic E-state index is 0.0583. The fraction of sp³-hybridized carbons (Fsp3) is 0.0588. The number of nitriles is 1. The normalized spacial score (nSPS) is 10.3. The van der Waals surface area contributed by atoms with Crippen LogP contribution in [0.1, 0.15) is 11.1 Å². The Balaban J connectivity index is 1.95. The second-order valence-electron chi connectivity index (χ2n) is 4.94. The molecule has 3 aromatic rings. The van der Waals surface area contributed by atoms with Crippen LogP contribution in [0.4, 0.5) is 5.69 Å². The Morgan fingerprint density at radius 3 is 2.61 bits per heavy atom. The molecule has 0 fully saturated rings. The average Bonchev–Trinajstić information content (AvgIpc) is 3.10. The predicted octanol–water partition coefficient (Wildman–Crippen LogP) is 3.58. The third kappa shape index (κ3) is 3.28. The molecule has 6 heteroatoms. The molecule has 1 N–H and O–H groups in total. The van der Waals surface area contributed by atoms with Crippen molar-refractivity contribution in [2.24, 2.45) is 0 Å². The summed E-state index contributed by atoms with van der Waals surface area (Å²) in [5.74, 6) is 0.0583. The van der Waals surface area contributed by atoms with E-state index in [2.05, 4.69) is 11.1 Å². The van der Waals surface area contributed by atoms with E-state index in [0.717, 1.165) is 11.3 Å². The molecule has 0 unspecified atom stereocenters. The lowest BCUT2D eigenvalue weighted by Crippen LogP contribution is -2.27. The Labute approximate surface area is 138 Å². The van der Waals surface area contributed by atoms with Gasteiger partial charge in [-0.2, -0.15) is 5.26 Å². The summed E-state index contributed by atoms with van der Waals surface area (Å²) in [5, 5.41) is 20.8. The zero-order valence-corrected chi connectivity index (χ0v) is 12.9. The van der Waals surface area contributed by atoms with Crippen molar-refractivity contribution < 1.29 is 5.11 Å². The second-order valence-corrected chi connectivity index (χ2v) is 5.35. The van der Waals surface area contributed by atoms with E-state index in [0.29, 0.717) is 17.1 Å². The third-order valence-electron chi connectivity index (χ3n) is 3.41. The lowest BCUT2D eigenvalue weighted by Gasteiger charge is -2.25. The Kier molecular flexibility index (Phi) is 4.18. The van der Waals surface area contributed by atoms with Crippen molar-refractivity contribution >= 4 is 17.3 Å². The summed E-state index contributed by atoms with van der Waals surface area (Å²) in [6.07, 6.45) is 5.22. The van der Waals surface area contributed by atoms with Gasteiger partial charge in [-0.3, -0.25) is 5.01 Å². The summed E-state index contributed by atoms with van der Waals surface area (Å²) >= 11 is 5.98. The predicted molar refractivity (Wildman–Crippen MR) is 88.1 cm³/mol. The van der Waals surface area contributed by atoms with Gasteiger partial charge in [-0.15, -0.1) is 0 Å². The van der Waals surface area contributed by atoms with Crippen LogP contribution in [0.15, 0.2) is 61.2 Å². The maximum atomic E-state index is 9.55. The number of hydrogen-bond donors (Lipinski definition) is 1. The minimum atomic E-state index is 0.0583. The van der Waals surface area contributed by atoms with Crippen LogP contribution in [-0.4, -0.2) is 14.8 Å². The van der Waals surface area contributed by atoms with Gasteiger partial charge in [-0.1, -0.05) is 17.7 Å². The average molecular weight is 325 g/mol. The molecule has 0 saturated carbocycles. The first-order chi connectivity index (χ1) is 11.2. The molecule has 0 spiro atoms. The minimum Gasteiger partial charge on any atom is -0.506 e. The van der Waals surface area contributed by atoms with Crippen LogP contribution in [0.3, 0.4) is 0 Å². The summed E-state index contributed by atoms with van der Waals surface area (Å²) in [5.41, 5.74) is 2.45. The van der Waals surface area contributed by atoms with Crippen molar-refractivity contribution in [3.05, 3.63) is 77.3 Å². The first kappa shape index (κ1) is 14.9. The van der Waals surface area contributed by atoms with Gasteiger partial charge < -0.3 is 5.11 Å². The number of nitrogens with zero attached hydrogens (tertiary/aromatic N) is 4. The van der Waals surface area contributed by atoms with E-state index in [1.807, 2.05) is 34.1 Å². The smallest absolute Gasteiger partial charge is 0.134 e. The van der Waals surface area contributed by atoms with Gasteiger partial charge in [0.1, 0.15) is 12.1 Å².